The Morgan fingerprint density at radius 1 is 1.06 bits per heavy atom. The zero-order valence-electron chi connectivity index (χ0n) is 10.5. The van der Waals surface area contributed by atoms with E-state index in [1.807, 2.05) is 30.3 Å². The molecule has 96 valence electrons. The van der Waals surface area contributed by atoms with Gasteiger partial charge in [-0.25, -0.2) is 0 Å². The highest BCUT2D eigenvalue weighted by molar-refractivity contribution is 5.78. The molecule has 18 heavy (non-hydrogen) atoms. The Balaban J connectivity index is 1.70. The van der Waals surface area contributed by atoms with Crippen LogP contribution in [0.1, 0.15) is 37.4 Å². The number of benzene rings is 1. The number of esters is 1. The van der Waals surface area contributed by atoms with Gasteiger partial charge in [0, 0.05) is 6.42 Å². The molecule has 0 amide bonds. The predicted octanol–water partition coefficient (Wildman–Crippen LogP) is 2.53. The highest BCUT2D eigenvalue weighted by Gasteiger charge is 2.39. The quantitative estimate of drug-likeness (QED) is 0.750. The first kappa shape index (κ1) is 11.7. The lowest BCUT2D eigenvalue weighted by Crippen LogP contribution is -2.41. The van der Waals surface area contributed by atoms with Crippen LogP contribution >= 0.6 is 0 Å². The van der Waals surface area contributed by atoms with Crippen LogP contribution in [0.25, 0.3) is 0 Å². The van der Waals surface area contributed by atoms with Crippen LogP contribution in [0.4, 0.5) is 0 Å². The van der Waals surface area contributed by atoms with Crippen LogP contribution in [0, 0.1) is 0 Å². The second-order valence-electron chi connectivity index (χ2n) is 5.18. The van der Waals surface area contributed by atoms with Crippen molar-refractivity contribution in [1.82, 2.24) is 4.90 Å². The summed E-state index contributed by atoms with van der Waals surface area (Å²) in [5.41, 5.74) is 1.12. The van der Waals surface area contributed by atoms with E-state index in [9.17, 15) is 4.79 Å². The molecule has 0 N–H and O–H groups in total. The normalized spacial score (nSPS) is 29.2. The van der Waals surface area contributed by atoms with E-state index in [4.69, 9.17) is 4.74 Å². The van der Waals surface area contributed by atoms with Crippen LogP contribution in [-0.2, 0) is 9.53 Å². The third kappa shape index (κ3) is 2.27. The predicted molar refractivity (Wildman–Crippen MR) is 69.1 cm³/mol. The number of carbonyl (C=O) groups is 1. The Morgan fingerprint density at radius 3 is 2.50 bits per heavy atom. The SMILES string of the molecule is O=C1O[C@@H](c2ccccc2)C[C@@H]1N1CCCCC1. The van der Waals surface area contributed by atoms with E-state index in [1.165, 1.54) is 19.3 Å². The summed E-state index contributed by atoms with van der Waals surface area (Å²) in [6, 6.07) is 10.0. The lowest BCUT2D eigenvalue weighted by molar-refractivity contribution is -0.145. The fourth-order valence-corrected chi connectivity index (χ4v) is 2.97. The van der Waals surface area contributed by atoms with Gasteiger partial charge in [-0.15, -0.1) is 0 Å². The summed E-state index contributed by atoms with van der Waals surface area (Å²) in [6.45, 7) is 2.09. The minimum Gasteiger partial charge on any atom is -0.456 e. The van der Waals surface area contributed by atoms with E-state index in [1.54, 1.807) is 0 Å². The van der Waals surface area contributed by atoms with E-state index in [-0.39, 0.29) is 18.1 Å². The molecule has 0 aliphatic carbocycles. The number of hydrogen-bond donors (Lipinski definition) is 0. The number of carbonyl (C=O) groups excluding carboxylic acids is 1. The van der Waals surface area contributed by atoms with E-state index in [0.717, 1.165) is 25.1 Å². The lowest BCUT2D eigenvalue weighted by Gasteiger charge is -2.29. The van der Waals surface area contributed by atoms with Crippen LogP contribution in [0.2, 0.25) is 0 Å². The van der Waals surface area contributed by atoms with Crippen LogP contribution in [0.15, 0.2) is 30.3 Å². The Labute approximate surface area is 108 Å². The molecule has 2 heterocycles. The Bertz CT molecular complexity index is 412. The van der Waals surface area contributed by atoms with Crippen molar-refractivity contribution in [1.29, 1.82) is 0 Å². The van der Waals surface area contributed by atoms with Crippen molar-refractivity contribution in [2.24, 2.45) is 0 Å². The largest absolute Gasteiger partial charge is 0.456 e. The summed E-state index contributed by atoms with van der Waals surface area (Å²) in [4.78, 5) is 14.3. The molecular weight excluding hydrogens is 226 g/mol. The molecule has 0 unspecified atom stereocenters. The molecule has 1 aromatic rings. The molecule has 3 heteroatoms. The van der Waals surface area contributed by atoms with Crippen molar-refractivity contribution in [2.45, 2.75) is 37.8 Å². The van der Waals surface area contributed by atoms with Gasteiger partial charge in [0.25, 0.3) is 0 Å². The van der Waals surface area contributed by atoms with Crippen LogP contribution in [-0.4, -0.2) is 30.0 Å². The van der Waals surface area contributed by atoms with Gasteiger partial charge >= 0.3 is 5.97 Å². The maximum absolute atomic E-state index is 12.0. The van der Waals surface area contributed by atoms with E-state index in [0.29, 0.717) is 0 Å². The molecule has 0 saturated carbocycles. The van der Waals surface area contributed by atoms with Crippen molar-refractivity contribution in [3.63, 3.8) is 0 Å². The molecule has 2 fully saturated rings. The molecule has 3 nitrogen and oxygen atoms in total. The van der Waals surface area contributed by atoms with E-state index < -0.39 is 0 Å². The minimum absolute atomic E-state index is 0.0180. The fourth-order valence-electron chi connectivity index (χ4n) is 2.97. The van der Waals surface area contributed by atoms with Crippen molar-refractivity contribution < 1.29 is 9.53 Å². The van der Waals surface area contributed by atoms with Gasteiger partial charge in [0.15, 0.2) is 0 Å². The van der Waals surface area contributed by atoms with Crippen molar-refractivity contribution >= 4 is 5.97 Å². The number of ether oxygens (including phenoxy) is 1. The van der Waals surface area contributed by atoms with Crippen molar-refractivity contribution in [3.8, 4) is 0 Å². The summed E-state index contributed by atoms with van der Waals surface area (Å²) in [6.07, 6.45) is 4.47. The van der Waals surface area contributed by atoms with Gasteiger partial charge in [-0.05, 0) is 31.5 Å². The first-order chi connectivity index (χ1) is 8.84. The Morgan fingerprint density at radius 2 is 1.78 bits per heavy atom. The molecule has 3 rings (SSSR count). The molecular formula is C15H19NO2. The molecule has 0 aromatic heterocycles. The van der Waals surface area contributed by atoms with Gasteiger partial charge in [-0.3, -0.25) is 9.69 Å². The van der Waals surface area contributed by atoms with Gasteiger partial charge in [-0.2, -0.15) is 0 Å². The summed E-state index contributed by atoms with van der Waals surface area (Å²) in [5, 5.41) is 0. The average molecular weight is 245 g/mol. The van der Waals surface area contributed by atoms with Gasteiger partial charge in [0.05, 0.1) is 0 Å². The molecule has 0 spiro atoms. The van der Waals surface area contributed by atoms with Gasteiger partial charge in [0.2, 0.25) is 0 Å². The number of rotatable bonds is 2. The number of likely N-dealkylation sites (tertiary alicyclic amines) is 1. The van der Waals surface area contributed by atoms with E-state index >= 15 is 0 Å². The number of piperidine rings is 1. The second-order valence-corrected chi connectivity index (χ2v) is 5.18. The zero-order chi connectivity index (χ0) is 12.4. The molecule has 2 aliphatic rings. The second kappa shape index (κ2) is 5.11. The van der Waals surface area contributed by atoms with Crippen molar-refractivity contribution in [3.05, 3.63) is 35.9 Å². The zero-order valence-corrected chi connectivity index (χ0v) is 10.5. The maximum atomic E-state index is 12.0. The van der Waals surface area contributed by atoms with Crippen LogP contribution in [0.5, 0.6) is 0 Å². The molecule has 1 aromatic carbocycles. The molecule has 2 saturated heterocycles. The number of hydrogen-bond acceptors (Lipinski definition) is 3. The van der Waals surface area contributed by atoms with Crippen LogP contribution < -0.4 is 0 Å². The smallest absolute Gasteiger partial charge is 0.324 e. The molecule has 0 radical (unpaired) electrons. The number of nitrogens with zero attached hydrogens (tertiary/aromatic N) is 1. The average Bonchev–Trinajstić information content (AvgIpc) is 2.83. The fraction of sp³-hybridized carbons (Fsp3) is 0.533. The van der Waals surface area contributed by atoms with Gasteiger partial charge in [-0.1, -0.05) is 36.8 Å². The molecule has 0 bridgehead atoms. The first-order valence-electron chi connectivity index (χ1n) is 6.84. The first-order valence-corrected chi connectivity index (χ1v) is 6.84. The van der Waals surface area contributed by atoms with Gasteiger partial charge < -0.3 is 4.74 Å². The summed E-state index contributed by atoms with van der Waals surface area (Å²) in [5.74, 6) is -0.0363. The summed E-state index contributed by atoms with van der Waals surface area (Å²) in [7, 11) is 0. The highest BCUT2D eigenvalue weighted by atomic mass is 16.6. The maximum Gasteiger partial charge on any atom is 0.324 e. The van der Waals surface area contributed by atoms with Crippen molar-refractivity contribution in [2.75, 3.05) is 13.1 Å². The summed E-state index contributed by atoms with van der Waals surface area (Å²) >= 11 is 0. The third-order valence-electron chi connectivity index (χ3n) is 3.97. The number of cyclic esters (lactones) is 1. The third-order valence-corrected chi connectivity index (χ3v) is 3.97. The summed E-state index contributed by atoms with van der Waals surface area (Å²) < 4.78 is 5.53. The minimum atomic E-state index is -0.0503. The highest BCUT2D eigenvalue weighted by Crippen LogP contribution is 2.33. The van der Waals surface area contributed by atoms with E-state index in [2.05, 4.69) is 4.90 Å². The topological polar surface area (TPSA) is 29.5 Å². The lowest BCUT2D eigenvalue weighted by atomic mass is 10.0. The standard InChI is InChI=1S/C15H19NO2/c17-15-13(16-9-5-2-6-10-16)11-14(18-15)12-7-3-1-4-8-12/h1,3-4,7-8,13-14H,2,5-6,9-11H2/t13-,14+/m0/s1. The van der Waals surface area contributed by atoms with Gasteiger partial charge in [0.1, 0.15) is 12.1 Å². The molecule has 2 aliphatic heterocycles. The monoisotopic (exact) mass is 245 g/mol. The Hall–Kier alpha value is -1.35. The molecule has 2 atom stereocenters. The Kier molecular flexibility index (Phi) is 3.33. The van der Waals surface area contributed by atoms with Crippen LogP contribution in [0.3, 0.4) is 0 Å².